The number of hydrazine groups is 2. The van der Waals surface area contributed by atoms with Crippen molar-refractivity contribution < 1.29 is 9.59 Å². The lowest BCUT2D eigenvalue weighted by molar-refractivity contribution is -0.129. The van der Waals surface area contributed by atoms with Crippen molar-refractivity contribution in [1.29, 1.82) is 0 Å². The molecular formula is C20H21N5O2. The fourth-order valence-corrected chi connectivity index (χ4v) is 3.35. The number of aromatic nitrogens is 1. The minimum absolute atomic E-state index is 0.0591. The van der Waals surface area contributed by atoms with Crippen molar-refractivity contribution in [3.05, 3.63) is 71.9 Å². The molecule has 0 radical (unpaired) electrons. The molecule has 0 aliphatic carbocycles. The summed E-state index contributed by atoms with van der Waals surface area (Å²) in [5.41, 5.74) is 14.1. The van der Waals surface area contributed by atoms with Gasteiger partial charge in [0.2, 0.25) is 5.91 Å². The first kappa shape index (κ1) is 17.3. The number of H-pyrrole nitrogens is 1. The molecule has 1 aromatic heterocycles. The van der Waals surface area contributed by atoms with E-state index < -0.39 is 6.04 Å². The van der Waals surface area contributed by atoms with Crippen molar-refractivity contribution in [2.24, 2.45) is 0 Å². The lowest BCUT2D eigenvalue weighted by atomic mass is 10.0. The van der Waals surface area contributed by atoms with E-state index in [0.29, 0.717) is 6.42 Å². The van der Waals surface area contributed by atoms with E-state index in [1.165, 1.54) is 0 Å². The summed E-state index contributed by atoms with van der Waals surface area (Å²) in [5.74, 6) is -0.535. The Hall–Kier alpha value is -3.16. The van der Waals surface area contributed by atoms with Crippen LogP contribution in [0.4, 0.5) is 0 Å². The van der Waals surface area contributed by atoms with Crippen molar-refractivity contribution in [3.8, 4) is 0 Å². The van der Waals surface area contributed by atoms with Gasteiger partial charge >= 0.3 is 0 Å². The topological polar surface area (TPSA) is 98.1 Å². The second-order valence-corrected chi connectivity index (χ2v) is 6.61. The third-order valence-corrected chi connectivity index (χ3v) is 4.77. The van der Waals surface area contributed by atoms with Crippen molar-refractivity contribution in [3.63, 3.8) is 0 Å². The number of aromatic amines is 1. The van der Waals surface area contributed by atoms with Crippen LogP contribution in [0.2, 0.25) is 0 Å². The lowest BCUT2D eigenvalue weighted by Crippen LogP contribution is -2.50. The quantitative estimate of drug-likeness (QED) is 0.453. The number of para-hydroxylation sites is 1. The standard InChI is InChI=1S/C20H21N5O2/c26-19(10-14-12-21-16-9-5-4-8-15(14)16)24-25-20(27)18-11-17(22-23-18)13-6-2-1-3-7-13/h1-9,12,17-18,21-23H,10-11H2,(H,24,26)(H,25,27). The fraction of sp³-hybridized carbons (Fsp3) is 0.200. The second kappa shape index (κ2) is 7.61. The van der Waals surface area contributed by atoms with Gasteiger partial charge in [0.15, 0.2) is 0 Å². The van der Waals surface area contributed by atoms with Crippen LogP contribution in [0.3, 0.4) is 0 Å². The van der Waals surface area contributed by atoms with Crippen molar-refractivity contribution in [2.75, 3.05) is 0 Å². The molecule has 7 heteroatoms. The highest BCUT2D eigenvalue weighted by atomic mass is 16.2. The SMILES string of the molecule is O=C(Cc1c[nH]c2ccccc12)NNC(=O)C1CC(c2ccccc2)NN1. The van der Waals surface area contributed by atoms with Crippen molar-refractivity contribution in [2.45, 2.75) is 24.9 Å². The van der Waals surface area contributed by atoms with Gasteiger partial charge in [-0.15, -0.1) is 0 Å². The van der Waals surface area contributed by atoms with E-state index >= 15 is 0 Å². The van der Waals surface area contributed by atoms with Crippen LogP contribution in [-0.2, 0) is 16.0 Å². The summed E-state index contributed by atoms with van der Waals surface area (Å²) in [7, 11) is 0. The van der Waals surface area contributed by atoms with Crippen LogP contribution >= 0.6 is 0 Å². The highest BCUT2D eigenvalue weighted by Crippen LogP contribution is 2.21. The molecule has 138 valence electrons. The molecule has 1 fully saturated rings. The molecular weight excluding hydrogens is 342 g/mol. The number of fused-ring (bicyclic) bond motifs is 1. The molecule has 7 nitrogen and oxygen atoms in total. The Morgan fingerprint density at radius 3 is 2.59 bits per heavy atom. The molecule has 3 aromatic rings. The van der Waals surface area contributed by atoms with Crippen molar-refractivity contribution >= 4 is 22.7 Å². The van der Waals surface area contributed by atoms with Crippen LogP contribution in [0.15, 0.2) is 60.8 Å². The van der Waals surface area contributed by atoms with E-state index in [1.54, 1.807) is 0 Å². The summed E-state index contributed by atoms with van der Waals surface area (Å²) in [5, 5.41) is 1.01. The zero-order chi connectivity index (χ0) is 18.6. The monoisotopic (exact) mass is 363 g/mol. The average molecular weight is 363 g/mol. The summed E-state index contributed by atoms with van der Waals surface area (Å²) in [4.78, 5) is 27.6. The van der Waals surface area contributed by atoms with Gasteiger partial charge in [0.25, 0.3) is 5.91 Å². The minimum atomic E-state index is -0.413. The summed E-state index contributed by atoms with van der Waals surface area (Å²) < 4.78 is 0. The maximum atomic E-state index is 12.3. The molecule has 1 aliphatic rings. The minimum Gasteiger partial charge on any atom is -0.361 e. The summed E-state index contributed by atoms with van der Waals surface area (Å²) in [6.45, 7) is 0. The molecule has 2 amide bonds. The molecule has 5 N–H and O–H groups in total. The van der Waals surface area contributed by atoms with Gasteiger partial charge in [-0.05, 0) is 23.6 Å². The molecule has 1 aliphatic heterocycles. The van der Waals surface area contributed by atoms with Gasteiger partial charge in [0, 0.05) is 23.1 Å². The molecule has 2 aromatic carbocycles. The number of rotatable bonds is 4. The molecule has 0 spiro atoms. The van der Waals surface area contributed by atoms with E-state index in [4.69, 9.17) is 0 Å². The Labute approximate surface area is 156 Å². The largest absolute Gasteiger partial charge is 0.361 e. The first-order valence-corrected chi connectivity index (χ1v) is 8.90. The van der Waals surface area contributed by atoms with Gasteiger partial charge in [-0.1, -0.05) is 48.5 Å². The van der Waals surface area contributed by atoms with Crippen LogP contribution in [0.1, 0.15) is 23.6 Å². The van der Waals surface area contributed by atoms with Gasteiger partial charge in [0.05, 0.1) is 6.42 Å². The molecule has 4 rings (SSSR count). The smallest absolute Gasteiger partial charge is 0.256 e. The van der Waals surface area contributed by atoms with Gasteiger partial charge in [-0.25, -0.2) is 10.9 Å². The number of hydrogen-bond donors (Lipinski definition) is 5. The predicted octanol–water partition coefficient (Wildman–Crippen LogP) is 1.47. The maximum Gasteiger partial charge on any atom is 0.256 e. The third kappa shape index (κ3) is 3.84. The lowest BCUT2D eigenvalue weighted by Gasteiger charge is -2.11. The van der Waals surface area contributed by atoms with E-state index in [2.05, 4.69) is 26.7 Å². The molecule has 27 heavy (non-hydrogen) atoms. The van der Waals surface area contributed by atoms with E-state index in [0.717, 1.165) is 22.0 Å². The van der Waals surface area contributed by atoms with Crippen molar-refractivity contribution in [1.82, 2.24) is 26.7 Å². The van der Waals surface area contributed by atoms with Crippen LogP contribution < -0.4 is 21.7 Å². The van der Waals surface area contributed by atoms with Gasteiger partial charge < -0.3 is 4.98 Å². The number of benzene rings is 2. The highest BCUT2D eigenvalue weighted by Gasteiger charge is 2.30. The van der Waals surface area contributed by atoms with Gasteiger partial charge in [-0.3, -0.25) is 20.4 Å². The Morgan fingerprint density at radius 2 is 1.74 bits per heavy atom. The number of nitrogens with one attached hydrogen (secondary N) is 5. The number of amides is 2. The average Bonchev–Trinajstić information content (AvgIpc) is 3.35. The van der Waals surface area contributed by atoms with Crippen LogP contribution in [-0.4, -0.2) is 22.8 Å². The zero-order valence-corrected chi connectivity index (χ0v) is 14.7. The summed E-state index contributed by atoms with van der Waals surface area (Å²) >= 11 is 0. The van der Waals surface area contributed by atoms with Crippen LogP contribution in [0, 0.1) is 0 Å². The van der Waals surface area contributed by atoms with E-state index in [-0.39, 0.29) is 24.3 Å². The fourth-order valence-electron chi connectivity index (χ4n) is 3.35. The second-order valence-electron chi connectivity index (χ2n) is 6.61. The Bertz CT molecular complexity index is 953. The molecule has 1 saturated heterocycles. The maximum absolute atomic E-state index is 12.3. The molecule has 2 atom stereocenters. The molecule has 2 heterocycles. The third-order valence-electron chi connectivity index (χ3n) is 4.77. The van der Waals surface area contributed by atoms with E-state index in [1.807, 2.05) is 60.8 Å². The number of carbonyl (C=O) groups excluding carboxylic acids is 2. The normalized spacial score (nSPS) is 19.1. The number of carbonyl (C=O) groups is 2. The molecule has 0 saturated carbocycles. The molecule has 2 unspecified atom stereocenters. The molecule has 0 bridgehead atoms. The first-order chi connectivity index (χ1) is 13.2. The Kier molecular flexibility index (Phi) is 4.86. The van der Waals surface area contributed by atoms with E-state index in [9.17, 15) is 9.59 Å². The van der Waals surface area contributed by atoms with Crippen LogP contribution in [0.25, 0.3) is 10.9 Å². The first-order valence-electron chi connectivity index (χ1n) is 8.90. The van der Waals surface area contributed by atoms with Gasteiger partial charge in [-0.2, -0.15) is 0 Å². The zero-order valence-electron chi connectivity index (χ0n) is 14.7. The predicted molar refractivity (Wildman–Crippen MR) is 102 cm³/mol. The summed E-state index contributed by atoms with van der Waals surface area (Å²) in [6.07, 6.45) is 2.61. The number of hydrogen-bond acceptors (Lipinski definition) is 4. The van der Waals surface area contributed by atoms with Gasteiger partial charge in [0.1, 0.15) is 6.04 Å². The Balaban J connectivity index is 1.28. The Morgan fingerprint density at radius 1 is 0.963 bits per heavy atom. The highest BCUT2D eigenvalue weighted by molar-refractivity contribution is 5.90. The van der Waals surface area contributed by atoms with Crippen LogP contribution in [0.5, 0.6) is 0 Å². The summed E-state index contributed by atoms with van der Waals surface area (Å²) in [6, 6.07) is 17.4.